The van der Waals surface area contributed by atoms with Gasteiger partial charge in [-0.25, -0.2) is 9.59 Å². The summed E-state index contributed by atoms with van der Waals surface area (Å²) in [5.41, 5.74) is -0.206. The van der Waals surface area contributed by atoms with Gasteiger partial charge in [-0.2, -0.15) is 0 Å². The van der Waals surface area contributed by atoms with Gasteiger partial charge in [-0.15, -0.1) is 0 Å². The highest BCUT2D eigenvalue weighted by molar-refractivity contribution is 5.92. The smallest absolute Gasteiger partial charge is 0.334 e. The second kappa shape index (κ2) is 6.89. The van der Waals surface area contributed by atoms with E-state index in [1.54, 1.807) is 39.8 Å². The summed E-state index contributed by atoms with van der Waals surface area (Å²) in [6.07, 6.45) is -0.349. The number of ether oxygens (including phenoxy) is 3. The third-order valence-corrected chi connectivity index (χ3v) is 5.63. The molecule has 0 amide bonds. The molecule has 2 aliphatic heterocycles. The number of allylic oxidation sites excluding steroid dienone is 1. The van der Waals surface area contributed by atoms with Gasteiger partial charge in [-0.05, 0) is 39.3 Å². The Morgan fingerprint density at radius 2 is 2.15 bits per heavy atom. The normalized spacial score (nSPS) is 43.8. The minimum Gasteiger partial charge on any atom is -0.458 e. The van der Waals surface area contributed by atoms with Gasteiger partial charge in [0, 0.05) is 17.6 Å². The molecule has 0 radical (unpaired) electrons. The van der Waals surface area contributed by atoms with Gasteiger partial charge < -0.3 is 24.4 Å². The maximum atomic E-state index is 12.4. The van der Waals surface area contributed by atoms with Crippen LogP contribution >= 0.6 is 0 Å². The lowest BCUT2D eigenvalue weighted by molar-refractivity contribution is -0.151. The maximum absolute atomic E-state index is 12.4. The summed E-state index contributed by atoms with van der Waals surface area (Å²) in [5.74, 6) is -1.77. The van der Waals surface area contributed by atoms with Gasteiger partial charge in [0.1, 0.15) is 30.5 Å². The molecule has 0 aromatic rings. The van der Waals surface area contributed by atoms with E-state index in [9.17, 15) is 19.8 Å². The van der Waals surface area contributed by atoms with Crippen molar-refractivity contribution in [3.63, 3.8) is 0 Å². The lowest BCUT2D eigenvalue weighted by Gasteiger charge is -2.33. The van der Waals surface area contributed by atoms with Crippen LogP contribution in [-0.2, 0) is 23.8 Å². The first-order valence-corrected chi connectivity index (χ1v) is 9.04. The second-order valence-corrected chi connectivity index (χ2v) is 7.77. The van der Waals surface area contributed by atoms with Gasteiger partial charge in [-0.3, -0.25) is 0 Å². The molecule has 2 fully saturated rings. The van der Waals surface area contributed by atoms with Crippen LogP contribution < -0.4 is 0 Å². The molecular weight excluding hydrogens is 352 g/mol. The molecule has 7 heteroatoms. The Kier molecular flexibility index (Phi) is 5.05. The van der Waals surface area contributed by atoms with Crippen molar-refractivity contribution in [2.24, 2.45) is 5.92 Å². The molecule has 7 nitrogen and oxygen atoms in total. The average Bonchev–Trinajstić information content (AvgIpc) is 3.35. The summed E-state index contributed by atoms with van der Waals surface area (Å²) in [5, 5.41) is 21.4. The first kappa shape index (κ1) is 19.8. The summed E-state index contributed by atoms with van der Waals surface area (Å²) in [4.78, 5) is 24.5. The van der Waals surface area contributed by atoms with Gasteiger partial charge >= 0.3 is 11.9 Å². The van der Waals surface area contributed by atoms with E-state index in [1.165, 1.54) is 0 Å². The largest absolute Gasteiger partial charge is 0.458 e. The Bertz CT molecular complexity index is 733. The SMILES string of the molecule is C=C1C(=O)O[C@@H]2/C=C(/C)[C@@H](O)[C@H]3O[C@@H]3[C@](C)(O)C[C@@H](OC(=O)/C(C)=C\C)[C@@H]12. The zero-order valence-electron chi connectivity index (χ0n) is 16.0. The van der Waals surface area contributed by atoms with E-state index in [1.807, 2.05) is 0 Å². The molecule has 0 aromatic heterocycles. The fraction of sp³-hybridized carbons (Fsp3) is 0.600. The van der Waals surface area contributed by atoms with Crippen LogP contribution in [0.3, 0.4) is 0 Å². The molecule has 2 saturated heterocycles. The molecule has 1 aliphatic carbocycles. The topological polar surface area (TPSA) is 106 Å². The highest BCUT2D eigenvalue weighted by atomic mass is 16.6. The molecule has 7 atom stereocenters. The number of hydrogen-bond acceptors (Lipinski definition) is 7. The second-order valence-electron chi connectivity index (χ2n) is 7.77. The summed E-state index contributed by atoms with van der Waals surface area (Å²) >= 11 is 0. The van der Waals surface area contributed by atoms with E-state index < -0.39 is 54.0 Å². The van der Waals surface area contributed by atoms with Crippen LogP contribution in [0.15, 0.2) is 35.5 Å². The number of carbonyl (C=O) groups excluding carboxylic acids is 2. The maximum Gasteiger partial charge on any atom is 0.334 e. The van der Waals surface area contributed by atoms with Gasteiger partial charge in [0.25, 0.3) is 0 Å². The number of aliphatic hydroxyl groups excluding tert-OH is 1. The number of aliphatic hydroxyl groups is 2. The number of esters is 2. The zero-order chi connectivity index (χ0) is 20.1. The van der Waals surface area contributed by atoms with Crippen LogP contribution in [0.2, 0.25) is 0 Å². The van der Waals surface area contributed by atoms with Crippen LogP contribution in [0, 0.1) is 5.92 Å². The van der Waals surface area contributed by atoms with Crippen molar-refractivity contribution in [2.75, 3.05) is 0 Å². The number of rotatable bonds is 2. The monoisotopic (exact) mass is 378 g/mol. The summed E-state index contributed by atoms with van der Waals surface area (Å²) < 4.78 is 16.6. The van der Waals surface area contributed by atoms with E-state index in [-0.39, 0.29) is 12.0 Å². The predicted molar refractivity (Wildman–Crippen MR) is 95.5 cm³/mol. The van der Waals surface area contributed by atoms with E-state index in [2.05, 4.69) is 6.58 Å². The quantitative estimate of drug-likeness (QED) is 0.322. The van der Waals surface area contributed by atoms with Crippen LogP contribution in [0.25, 0.3) is 0 Å². The molecule has 0 spiro atoms. The van der Waals surface area contributed by atoms with Crippen LogP contribution in [-0.4, -0.2) is 58.3 Å². The van der Waals surface area contributed by atoms with Crippen molar-refractivity contribution in [1.82, 2.24) is 0 Å². The highest BCUT2D eigenvalue weighted by Gasteiger charge is 2.58. The summed E-state index contributed by atoms with van der Waals surface area (Å²) in [7, 11) is 0. The molecule has 2 N–H and O–H groups in total. The minimum absolute atomic E-state index is 0.0212. The third-order valence-electron chi connectivity index (χ3n) is 5.63. The predicted octanol–water partition coefficient (Wildman–Crippen LogP) is 1.19. The molecule has 2 heterocycles. The molecule has 27 heavy (non-hydrogen) atoms. The zero-order valence-corrected chi connectivity index (χ0v) is 16.0. The first-order chi connectivity index (χ1) is 12.6. The minimum atomic E-state index is -1.37. The Labute approximate surface area is 158 Å². The molecule has 148 valence electrons. The fourth-order valence-electron chi connectivity index (χ4n) is 3.78. The average molecular weight is 378 g/mol. The molecule has 0 bridgehead atoms. The molecule has 3 rings (SSSR count). The van der Waals surface area contributed by atoms with Crippen molar-refractivity contribution in [3.8, 4) is 0 Å². The lowest BCUT2D eigenvalue weighted by Crippen LogP contribution is -2.45. The Morgan fingerprint density at radius 1 is 1.48 bits per heavy atom. The highest BCUT2D eigenvalue weighted by Crippen LogP contribution is 2.44. The van der Waals surface area contributed by atoms with E-state index in [0.29, 0.717) is 11.1 Å². The third kappa shape index (κ3) is 3.59. The number of epoxide rings is 1. The van der Waals surface area contributed by atoms with Gasteiger partial charge in [0.2, 0.25) is 0 Å². The summed E-state index contributed by atoms with van der Waals surface area (Å²) in [6.45, 7) is 10.4. The van der Waals surface area contributed by atoms with Crippen molar-refractivity contribution >= 4 is 11.9 Å². The van der Waals surface area contributed by atoms with Crippen molar-refractivity contribution < 1.29 is 34.0 Å². The van der Waals surface area contributed by atoms with E-state index >= 15 is 0 Å². The molecule has 0 saturated carbocycles. The summed E-state index contributed by atoms with van der Waals surface area (Å²) in [6, 6.07) is 0. The van der Waals surface area contributed by atoms with E-state index in [4.69, 9.17) is 14.2 Å². The molecular formula is C20H26O7. The van der Waals surface area contributed by atoms with Crippen molar-refractivity contribution in [2.45, 2.75) is 70.2 Å². The Hall–Kier alpha value is -1.96. The van der Waals surface area contributed by atoms with Crippen LogP contribution in [0.1, 0.15) is 34.1 Å². The Balaban J connectivity index is 2.01. The first-order valence-electron chi connectivity index (χ1n) is 9.04. The Morgan fingerprint density at radius 3 is 2.78 bits per heavy atom. The standard InChI is InChI=1S/C20H26O7/c1-6-9(2)18(22)26-13-8-20(5,24)17-16(27-17)15(21)10(3)7-12-14(13)11(4)19(23)25-12/h6-7,12-17,21,24H,4,8H2,1-3,5H3/b9-6-,10-7-/t12-,13-,14+,15-,16-,17+,20-/m1/s1. The van der Waals surface area contributed by atoms with Crippen LogP contribution in [0.5, 0.6) is 0 Å². The molecule has 0 aromatic carbocycles. The molecule has 3 aliphatic rings. The lowest BCUT2D eigenvalue weighted by atomic mass is 9.80. The van der Waals surface area contributed by atoms with Crippen molar-refractivity contribution in [3.05, 3.63) is 35.5 Å². The molecule has 0 unspecified atom stereocenters. The number of hydrogen-bond donors (Lipinski definition) is 2. The van der Waals surface area contributed by atoms with Gasteiger partial charge in [0.15, 0.2) is 0 Å². The number of carbonyl (C=O) groups is 2. The van der Waals surface area contributed by atoms with Crippen molar-refractivity contribution in [1.29, 1.82) is 0 Å². The van der Waals surface area contributed by atoms with Gasteiger partial charge in [0.05, 0.1) is 11.5 Å². The number of fused-ring (bicyclic) bond motifs is 2. The fourth-order valence-corrected chi connectivity index (χ4v) is 3.78. The van der Waals surface area contributed by atoms with E-state index in [0.717, 1.165) is 0 Å². The van der Waals surface area contributed by atoms with Crippen LogP contribution in [0.4, 0.5) is 0 Å². The van der Waals surface area contributed by atoms with Gasteiger partial charge in [-0.1, -0.05) is 12.7 Å².